The zero-order valence-electron chi connectivity index (χ0n) is 20.2. The minimum Gasteiger partial charge on any atom is -0.147 e. The van der Waals surface area contributed by atoms with Crippen molar-refractivity contribution in [2.45, 2.75) is 59.3 Å². The van der Waals surface area contributed by atoms with Crippen LogP contribution in [-0.2, 0) is 0 Å². The Morgan fingerprint density at radius 1 is 0.438 bits per heavy atom. The lowest BCUT2D eigenvalue weighted by Crippen LogP contribution is -1.94. The van der Waals surface area contributed by atoms with Gasteiger partial charge in [-0.1, -0.05) is 114 Å². The first-order valence-electron chi connectivity index (χ1n) is 10.7. The van der Waals surface area contributed by atoms with E-state index in [4.69, 9.17) is 0 Å². The summed E-state index contributed by atoms with van der Waals surface area (Å²) in [5.41, 5.74) is 4.23. The summed E-state index contributed by atoms with van der Waals surface area (Å²) in [4.78, 5) is 0. The molecular weight excluding hydrogens is 488 g/mol. The van der Waals surface area contributed by atoms with Gasteiger partial charge in [-0.3, -0.25) is 0 Å². The summed E-state index contributed by atoms with van der Waals surface area (Å²) in [5.74, 6) is 1.92. The van der Waals surface area contributed by atoms with Crippen LogP contribution in [0.1, 0.15) is 76.0 Å². The number of rotatable bonds is 3. The highest BCUT2D eigenvalue weighted by atomic mass is 35.5. The second kappa shape index (κ2) is 17.9. The molecule has 0 aliphatic carbocycles. The van der Waals surface area contributed by atoms with Crippen molar-refractivity contribution >= 4 is 68.4 Å². The highest BCUT2D eigenvalue weighted by Gasteiger charge is 1.97. The van der Waals surface area contributed by atoms with E-state index in [0.717, 1.165) is 0 Å². The second-order valence-corrected chi connectivity index (χ2v) is 10.5. The highest BCUT2D eigenvalue weighted by molar-refractivity contribution is 7.27. The molecule has 0 fully saturated rings. The molecule has 3 unspecified atom stereocenters. The molecular formula is C27H41Cl2P3. The van der Waals surface area contributed by atoms with Gasteiger partial charge in [0.1, 0.15) is 0 Å². The van der Waals surface area contributed by atoms with Crippen LogP contribution >= 0.6 is 52.5 Å². The van der Waals surface area contributed by atoms with Gasteiger partial charge in [0.15, 0.2) is 0 Å². The van der Waals surface area contributed by atoms with Crippen molar-refractivity contribution in [3.63, 3.8) is 0 Å². The smallest absolute Gasteiger partial charge is 0.0219 e. The van der Waals surface area contributed by atoms with Crippen LogP contribution in [0, 0.1) is 0 Å². The monoisotopic (exact) mass is 528 g/mol. The van der Waals surface area contributed by atoms with E-state index >= 15 is 0 Å². The summed E-state index contributed by atoms with van der Waals surface area (Å²) in [5, 5.41) is 3.81. The van der Waals surface area contributed by atoms with Gasteiger partial charge in [0.05, 0.1) is 0 Å². The first kappa shape index (κ1) is 33.7. The molecule has 0 aliphatic heterocycles. The van der Waals surface area contributed by atoms with E-state index in [0.29, 0.717) is 17.8 Å². The van der Waals surface area contributed by atoms with Crippen molar-refractivity contribution in [2.24, 2.45) is 0 Å². The molecule has 0 radical (unpaired) electrons. The molecule has 32 heavy (non-hydrogen) atoms. The van der Waals surface area contributed by atoms with Gasteiger partial charge in [-0.25, -0.2) is 0 Å². The van der Waals surface area contributed by atoms with E-state index in [1.54, 1.807) is 0 Å². The molecule has 3 rings (SSSR count). The van der Waals surface area contributed by atoms with Crippen molar-refractivity contribution in [3.05, 3.63) is 89.5 Å². The summed E-state index contributed by atoms with van der Waals surface area (Å²) in [7, 11) is 8.13. The Balaban J connectivity index is 0. The van der Waals surface area contributed by atoms with Crippen molar-refractivity contribution in [3.8, 4) is 0 Å². The zero-order valence-corrected chi connectivity index (χ0v) is 25.3. The van der Waals surface area contributed by atoms with Gasteiger partial charge >= 0.3 is 0 Å². The van der Waals surface area contributed by atoms with E-state index in [-0.39, 0.29) is 24.8 Å². The molecule has 3 aromatic rings. The number of benzene rings is 3. The lowest BCUT2D eigenvalue weighted by atomic mass is 10.0. The summed E-state index contributed by atoms with van der Waals surface area (Å²) >= 11 is 0. The average Bonchev–Trinajstić information content (AvgIpc) is 2.69. The topological polar surface area (TPSA) is 0 Å². The zero-order chi connectivity index (χ0) is 22.7. The Bertz CT molecular complexity index is 776. The maximum absolute atomic E-state index is 2.71. The Kier molecular flexibility index (Phi) is 18.9. The van der Waals surface area contributed by atoms with Crippen molar-refractivity contribution in [2.75, 3.05) is 0 Å². The average molecular weight is 529 g/mol. The van der Waals surface area contributed by atoms with Crippen LogP contribution in [0.25, 0.3) is 0 Å². The number of halogens is 2. The molecule has 5 heteroatoms. The van der Waals surface area contributed by atoms with Crippen LogP contribution in [0.2, 0.25) is 0 Å². The van der Waals surface area contributed by atoms with E-state index in [2.05, 4.69) is 142 Å². The Labute approximate surface area is 216 Å². The predicted octanol–water partition coefficient (Wildman–Crippen LogP) is 7.77. The molecule has 0 nitrogen and oxygen atoms in total. The summed E-state index contributed by atoms with van der Waals surface area (Å²) in [6, 6.07) is 25.7. The van der Waals surface area contributed by atoms with Crippen molar-refractivity contribution in [1.82, 2.24) is 0 Å². The first-order chi connectivity index (χ1) is 14.1. The third-order valence-corrected chi connectivity index (χ3v) is 5.81. The largest absolute Gasteiger partial charge is 0.147 e. The highest BCUT2D eigenvalue weighted by Crippen LogP contribution is 2.13. The third-order valence-electron chi connectivity index (χ3n) is 4.73. The van der Waals surface area contributed by atoms with Gasteiger partial charge in [0, 0.05) is 0 Å². The minimum atomic E-state index is 0. The number of hydrogen-bond donors (Lipinski definition) is 0. The van der Waals surface area contributed by atoms with E-state index in [9.17, 15) is 0 Å². The maximum Gasteiger partial charge on any atom is -0.0219 e. The van der Waals surface area contributed by atoms with Crippen molar-refractivity contribution in [1.29, 1.82) is 0 Å². The molecule has 3 atom stereocenters. The molecule has 0 spiro atoms. The third kappa shape index (κ3) is 13.9. The molecule has 0 aromatic heterocycles. The van der Waals surface area contributed by atoms with Crippen molar-refractivity contribution < 1.29 is 0 Å². The van der Waals surface area contributed by atoms with Crippen LogP contribution in [0.5, 0.6) is 0 Å². The van der Waals surface area contributed by atoms with Gasteiger partial charge in [0.2, 0.25) is 0 Å². The van der Waals surface area contributed by atoms with Crippen LogP contribution in [0.3, 0.4) is 0 Å². The summed E-state index contributed by atoms with van der Waals surface area (Å²) in [6.45, 7) is 13.2. The molecule has 0 aliphatic rings. The van der Waals surface area contributed by atoms with Crippen LogP contribution in [0.15, 0.2) is 72.8 Å². The minimum absolute atomic E-state index is 0. The Hall–Kier alpha value is -0.470. The molecule has 0 amide bonds. The van der Waals surface area contributed by atoms with Gasteiger partial charge in [-0.05, 0) is 50.4 Å². The fourth-order valence-electron chi connectivity index (χ4n) is 2.75. The molecule has 0 saturated carbocycles. The fraction of sp³-hybridized carbons (Fsp3) is 0.333. The molecule has 0 bridgehead atoms. The standard InChI is InChI=1S/3C9H13P.2ClH/c3*1-7(2)8-4-3-5-9(10)6-8;;/h3*3-7H,10H2,1-2H3;2*1H. The number of hydrogen-bond acceptors (Lipinski definition) is 0. The lowest BCUT2D eigenvalue weighted by molar-refractivity contribution is 0.868. The molecule has 0 N–H and O–H groups in total. The molecule has 3 aromatic carbocycles. The predicted molar refractivity (Wildman–Crippen MR) is 164 cm³/mol. The fourth-order valence-corrected chi connectivity index (χ4v) is 3.67. The lowest BCUT2D eigenvalue weighted by Gasteiger charge is -2.04. The molecule has 0 heterocycles. The van der Waals surface area contributed by atoms with Crippen LogP contribution in [-0.4, -0.2) is 0 Å². The SMILES string of the molecule is CC(C)c1cccc(P)c1.CC(C)c1cccc(P)c1.CC(C)c1cccc(P)c1.Cl.Cl. The van der Waals surface area contributed by atoms with Gasteiger partial charge in [-0.15, -0.1) is 52.5 Å². The quantitative estimate of drug-likeness (QED) is 0.304. The van der Waals surface area contributed by atoms with Gasteiger partial charge < -0.3 is 0 Å². The van der Waals surface area contributed by atoms with Crippen LogP contribution in [0.4, 0.5) is 0 Å². The summed E-state index contributed by atoms with van der Waals surface area (Å²) in [6.07, 6.45) is 0. The van der Waals surface area contributed by atoms with E-state index in [1.165, 1.54) is 32.6 Å². The summed E-state index contributed by atoms with van der Waals surface area (Å²) < 4.78 is 0. The molecule has 178 valence electrons. The Morgan fingerprint density at radius 3 is 0.781 bits per heavy atom. The molecule has 0 saturated heterocycles. The second-order valence-electron chi connectivity index (χ2n) is 8.47. The maximum atomic E-state index is 2.71. The normalized spacial score (nSPS) is 9.75. The van der Waals surface area contributed by atoms with Gasteiger partial charge in [0.25, 0.3) is 0 Å². The van der Waals surface area contributed by atoms with Gasteiger partial charge in [-0.2, -0.15) is 0 Å². The van der Waals surface area contributed by atoms with E-state index < -0.39 is 0 Å². The first-order valence-corrected chi connectivity index (χ1v) is 12.4. The van der Waals surface area contributed by atoms with Crippen LogP contribution < -0.4 is 15.9 Å². The Morgan fingerprint density at radius 2 is 0.656 bits per heavy atom. The van der Waals surface area contributed by atoms with E-state index in [1.807, 2.05) is 0 Å².